The van der Waals surface area contributed by atoms with Crippen LogP contribution in [0.4, 0.5) is 0 Å². The first-order chi connectivity index (χ1) is 25.6. The van der Waals surface area contributed by atoms with E-state index in [0.29, 0.717) is 29.0 Å². The lowest BCUT2D eigenvalue weighted by Crippen LogP contribution is -2.13. The molecule has 0 aliphatic heterocycles. The summed E-state index contributed by atoms with van der Waals surface area (Å²) in [5.41, 5.74) is 16.3. The van der Waals surface area contributed by atoms with Crippen LogP contribution < -0.4 is 0 Å². The molecule has 0 amide bonds. The van der Waals surface area contributed by atoms with Crippen molar-refractivity contribution in [2.24, 2.45) is 0 Å². The summed E-state index contributed by atoms with van der Waals surface area (Å²) in [7, 11) is 0. The Bertz CT molecular complexity index is 2830. The Hall–Kier alpha value is -7.09. The van der Waals surface area contributed by atoms with Crippen LogP contribution in [0.15, 0.2) is 132 Å². The third-order valence-corrected chi connectivity index (χ3v) is 10.7. The number of hydrogen-bond donors (Lipinski definition) is 0. The topological polar surface area (TPSA) is 81.2 Å². The van der Waals surface area contributed by atoms with E-state index in [1.54, 1.807) is 6.08 Å². The lowest BCUT2D eigenvalue weighted by Gasteiger charge is -2.26. The Morgan fingerprint density at radius 1 is 0.731 bits per heavy atom. The highest BCUT2D eigenvalue weighted by molar-refractivity contribution is 5.97. The minimum Gasteiger partial charge on any atom is -0.313 e. The van der Waals surface area contributed by atoms with Gasteiger partial charge in [-0.1, -0.05) is 79.7 Å². The number of hydrogen-bond acceptors (Lipinski definition) is 3. The van der Waals surface area contributed by atoms with Gasteiger partial charge in [-0.05, 0) is 96.2 Å². The van der Waals surface area contributed by atoms with Crippen LogP contribution in [0.2, 0.25) is 0 Å². The van der Waals surface area contributed by atoms with Crippen LogP contribution in [-0.4, -0.2) is 9.13 Å². The van der Waals surface area contributed by atoms with Crippen molar-refractivity contribution in [3.05, 3.63) is 166 Å². The first-order valence-corrected chi connectivity index (χ1v) is 17.5. The normalized spacial score (nSPS) is 17.3. The lowest BCUT2D eigenvalue weighted by molar-refractivity contribution is 0.764. The largest absolute Gasteiger partial charge is 0.313 e. The maximum atomic E-state index is 10.7. The molecule has 3 aliphatic rings. The molecule has 2 atom stereocenters. The van der Waals surface area contributed by atoms with Gasteiger partial charge in [-0.15, -0.1) is 5.73 Å². The number of aromatic nitrogens is 2. The molecule has 5 heteroatoms. The van der Waals surface area contributed by atoms with E-state index in [0.717, 1.165) is 62.2 Å². The van der Waals surface area contributed by atoms with Gasteiger partial charge >= 0.3 is 0 Å². The summed E-state index contributed by atoms with van der Waals surface area (Å²) in [6.45, 7) is 2.29. The van der Waals surface area contributed by atoms with E-state index in [1.165, 1.54) is 16.6 Å². The van der Waals surface area contributed by atoms with Gasteiger partial charge in [0.15, 0.2) is 0 Å². The number of rotatable bonds is 4. The molecule has 5 nitrogen and oxygen atoms in total. The summed E-state index contributed by atoms with van der Waals surface area (Å²) in [4.78, 5) is 0. The zero-order valence-electron chi connectivity index (χ0n) is 28.5. The van der Waals surface area contributed by atoms with Crippen LogP contribution in [-0.2, 0) is 0 Å². The second-order valence-electron chi connectivity index (χ2n) is 13.6. The summed E-state index contributed by atoms with van der Waals surface area (Å²) in [5.74, 6) is 0.143. The Balaban J connectivity index is 1.15. The SMILES string of the molecule is CC1CC=Cc2c1c1ccccc1n2C1=CC=C(C#N)C(c2ccc(-c3ccccc3-n3c4c(c5ccccc53)C=C=C(C#N)C=C4)cc2C#N)C1. The van der Waals surface area contributed by atoms with Crippen LogP contribution in [0.3, 0.4) is 0 Å². The molecule has 0 spiro atoms. The summed E-state index contributed by atoms with van der Waals surface area (Å²) >= 11 is 0. The van der Waals surface area contributed by atoms with Crippen molar-refractivity contribution in [2.75, 3.05) is 0 Å². The van der Waals surface area contributed by atoms with E-state index in [-0.39, 0.29) is 5.92 Å². The van der Waals surface area contributed by atoms with Crippen molar-refractivity contribution in [1.82, 2.24) is 9.13 Å². The van der Waals surface area contributed by atoms with Gasteiger partial charge < -0.3 is 9.13 Å². The van der Waals surface area contributed by atoms with E-state index < -0.39 is 0 Å². The molecule has 9 rings (SSSR count). The van der Waals surface area contributed by atoms with Crippen LogP contribution in [0.25, 0.3) is 62.5 Å². The van der Waals surface area contributed by atoms with E-state index in [9.17, 15) is 15.8 Å². The second kappa shape index (κ2) is 12.4. The van der Waals surface area contributed by atoms with Gasteiger partial charge in [-0.25, -0.2) is 0 Å². The molecule has 2 aromatic heterocycles. The molecule has 0 radical (unpaired) electrons. The number of nitrogens with zero attached hydrogens (tertiary/aromatic N) is 5. The van der Waals surface area contributed by atoms with Crippen molar-refractivity contribution < 1.29 is 0 Å². The highest BCUT2D eigenvalue weighted by atomic mass is 15.0. The van der Waals surface area contributed by atoms with Crippen molar-refractivity contribution in [3.8, 4) is 35.0 Å². The van der Waals surface area contributed by atoms with E-state index in [2.05, 4.69) is 113 Å². The van der Waals surface area contributed by atoms with Crippen molar-refractivity contribution in [2.45, 2.75) is 31.6 Å². The fourth-order valence-electron chi connectivity index (χ4n) is 8.35. The Morgan fingerprint density at radius 3 is 2.31 bits per heavy atom. The Labute approximate surface area is 302 Å². The quantitative estimate of drug-likeness (QED) is 0.176. The van der Waals surface area contributed by atoms with Gasteiger partial charge in [0.05, 0.1) is 45.7 Å². The molecule has 52 heavy (non-hydrogen) atoms. The number of nitriles is 3. The summed E-state index contributed by atoms with van der Waals surface area (Å²) in [6, 6.07) is 38.3. The molecule has 6 aromatic rings. The van der Waals surface area contributed by atoms with Crippen molar-refractivity contribution in [3.63, 3.8) is 0 Å². The molecule has 0 saturated carbocycles. The van der Waals surface area contributed by atoms with Gasteiger partial charge in [0.1, 0.15) is 6.07 Å². The first-order valence-electron chi connectivity index (χ1n) is 17.5. The first kappa shape index (κ1) is 30.9. The molecule has 2 unspecified atom stereocenters. The van der Waals surface area contributed by atoms with Gasteiger partial charge in [0, 0.05) is 44.8 Å². The standard InChI is InChI=1S/C47H31N5/c1-30-9-8-16-46-47(30)40-12-4-7-15-44(40)51(46)35-21-19-33(28-49)41(26-35)36-23-20-32(25-34(36)29-50)37-10-2-5-13-42(37)52-43-14-6-3-11-38(43)39-22-17-31(27-48)18-24-45(39)52/h2-8,10-16,18-25,30,41H,9,26H2,1H3. The molecular weight excluding hydrogens is 635 g/mol. The fourth-order valence-corrected chi connectivity index (χ4v) is 8.35. The average Bonchev–Trinajstić information content (AvgIpc) is 3.61. The molecule has 3 aliphatic carbocycles. The molecule has 0 bridgehead atoms. The number of fused-ring (bicyclic) bond motifs is 6. The third kappa shape index (κ3) is 4.75. The molecule has 2 heterocycles. The zero-order valence-corrected chi connectivity index (χ0v) is 28.5. The smallest absolute Gasteiger partial charge is 0.108 e. The van der Waals surface area contributed by atoms with Gasteiger partial charge in [0.25, 0.3) is 0 Å². The summed E-state index contributed by atoms with van der Waals surface area (Å²) in [5, 5.41) is 32.9. The molecule has 4 aromatic carbocycles. The van der Waals surface area contributed by atoms with Gasteiger partial charge in [-0.2, -0.15) is 15.8 Å². The van der Waals surface area contributed by atoms with E-state index in [1.807, 2.05) is 54.6 Å². The maximum Gasteiger partial charge on any atom is 0.108 e. The van der Waals surface area contributed by atoms with E-state index in [4.69, 9.17) is 0 Å². The van der Waals surface area contributed by atoms with Crippen LogP contribution in [0.1, 0.15) is 65.2 Å². The molecular formula is C47H31N5. The minimum absolute atomic E-state index is 0.270. The molecule has 0 N–H and O–H groups in total. The fraction of sp³-hybridized carbons (Fsp3) is 0.106. The lowest BCUT2D eigenvalue weighted by atomic mass is 9.81. The zero-order chi connectivity index (χ0) is 35.3. The highest BCUT2D eigenvalue weighted by Crippen LogP contribution is 2.45. The van der Waals surface area contributed by atoms with Crippen LogP contribution in [0, 0.1) is 34.0 Å². The van der Waals surface area contributed by atoms with E-state index >= 15 is 0 Å². The Kier molecular flexibility index (Phi) is 7.35. The molecule has 0 fully saturated rings. The van der Waals surface area contributed by atoms with Crippen molar-refractivity contribution >= 4 is 45.7 Å². The predicted octanol–water partition coefficient (Wildman–Crippen LogP) is 11.2. The molecule has 0 saturated heterocycles. The number of allylic oxidation sites excluding steroid dienone is 7. The second-order valence-corrected chi connectivity index (χ2v) is 13.6. The predicted molar refractivity (Wildman–Crippen MR) is 209 cm³/mol. The number of para-hydroxylation sites is 3. The van der Waals surface area contributed by atoms with Gasteiger partial charge in [0.2, 0.25) is 0 Å². The van der Waals surface area contributed by atoms with Crippen molar-refractivity contribution in [1.29, 1.82) is 15.8 Å². The Morgan fingerprint density at radius 2 is 1.50 bits per heavy atom. The van der Waals surface area contributed by atoms with Crippen LogP contribution >= 0.6 is 0 Å². The maximum absolute atomic E-state index is 10.7. The average molecular weight is 666 g/mol. The molecule has 244 valence electrons. The van der Waals surface area contributed by atoms with Gasteiger partial charge in [-0.3, -0.25) is 0 Å². The highest BCUT2D eigenvalue weighted by Gasteiger charge is 2.29. The third-order valence-electron chi connectivity index (χ3n) is 10.7. The number of benzene rings is 4. The summed E-state index contributed by atoms with van der Waals surface area (Å²) < 4.78 is 4.58. The monoisotopic (exact) mass is 665 g/mol. The summed E-state index contributed by atoms with van der Waals surface area (Å²) in [6.07, 6.45) is 15.8. The van der Waals surface area contributed by atoms with Crippen LogP contribution in [0.5, 0.6) is 0 Å². The minimum atomic E-state index is -0.270.